The number of benzene rings is 3. The number of fused-ring (bicyclic) bond motifs is 3. The van der Waals surface area contributed by atoms with Crippen LogP contribution < -0.4 is 5.32 Å². The molecule has 0 bridgehead atoms. The van der Waals surface area contributed by atoms with Crippen LogP contribution in [0.15, 0.2) is 71.6 Å². The summed E-state index contributed by atoms with van der Waals surface area (Å²) in [5.74, 6) is -0.388. The van der Waals surface area contributed by atoms with E-state index in [9.17, 15) is 25.0 Å². The van der Waals surface area contributed by atoms with E-state index in [0.717, 1.165) is 11.3 Å². The van der Waals surface area contributed by atoms with Crippen LogP contribution >= 0.6 is 23.4 Å². The Balaban J connectivity index is 1.60. The summed E-state index contributed by atoms with van der Waals surface area (Å²) in [4.78, 5) is 35.3. The fraction of sp³-hybridized carbons (Fsp3) is 0.269. The number of nitro benzene ring substituents is 2. The first kappa shape index (κ1) is 24.3. The fourth-order valence-electron chi connectivity index (χ4n) is 5.43. The average molecular weight is 524 g/mol. The summed E-state index contributed by atoms with van der Waals surface area (Å²) in [6.45, 7) is 1.51. The van der Waals surface area contributed by atoms with Crippen LogP contribution in [0.25, 0.3) is 0 Å². The van der Waals surface area contributed by atoms with Crippen molar-refractivity contribution in [2.45, 2.75) is 40.8 Å². The Morgan fingerprint density at radius 3 is 2.33 bits per heavy atom. The third-order valence-electron chi connectivity index (χ3n) is 7.03. The molecule has 1 saturated carbocycles. The number of nitro groups is 2. The molecule has 1 fully saturated rings. The first-order valence-corrected chi connectivity index (χ1v) is 12.8. The molecule has 3 aromatic rings. The number of ketones is 1. The van der Waals surface area contributed by atoms with Crippen molar-refractivity contribution < 1.29 is 14.6 Å². The summed E-state index contributed by atoms with van der Waals surface area (Å²) < 4.78 is 0. The Kier molecular flexibility index (Phi) is 6.44. The van der Waals surface area contributed by atoms with E-state index in [1.54, 1.807) is 42.5 Å². The van der Waals surface area contributed by atoms with Crippen LogP contribution in [0.5, 0.6) is 0 Å². The minimum atomic E-state index is -0.409. The Bertz CT molecular complexity index is 1380. The monoisotopic (exact) mass is 523 g/mol. The molecule has 2 aliphatic rings. The van der Waals surface area contributed by atoms with Gasteiger partial charge in [0, 0.05) is 34.6 Å². The van der Waals surface area contributed by atoms with Crippen LogP contribution in [0, 0.1) is 26.1 Å². The molecule has 0 unspecified atom stereocenters. The topological polar surface area (TPSA) is 115 Å². The quantitative estimate of drug-likeness (QED) is 0.164. The first-order valence-electron chi connectivity index (χ1n) is 11.4. The second-order valence-corrected chi connectivity index (χ2v) is 10.8. The molecule has 0 amide bonds. The van der Waals surface area contributed by atoms with E-state index in [0.29, 0.717) is 22.4 Å². The highest BCUT2D eigenvalue weighted by Crippen LogP contribution is 2.58. The molecule has 8 nitrogen and oxygen atoms in total. The van der Waals surface area contributed by atoms with Crippen LogP contribution in [0.3, 0.4) is 0 Å². The van der Waals surface area contributed by atoms with Gasteiger partial charge < -0.3 is 5.32 Å². The molecule has 0 aromatic heterocycles. The zero-order chi connectivity index (χ0) is 25.6. The molecule has 1 aliphatic heterocycles. The summed E-state index contributed by atoms with van der Waals surface area (Å²) >= 11 is 8.48. The van der Waals surface area contributed by atoms with Gasteiger partial charge in [0.25, 0.3) is 11.4 Å². The third-order valence-corrected chi connectivity index (χ3v) is 9.14. The van der Waals surface area contributed by atoms with Crippen LogP contribution in [-0.2, 0) is 0 Å². The van der Waals surface area contributed by atoms with Crippen molar-refractivity contribution in [3.63, 3.8) is 0 Å². The highest BCUT2D eigenvalue weighted by molar-refractivity contribution is 8.00. The number of hydrogen-bond acceptors (Lipinski definition) is 7. The van der Waals surface area contributed by atoms with Crippen molar-refractivity contribution in [1.82, 2.24) is 0 Å². The van der Waals surface area contributed by atoms with Crippen LogP contribution in [0.2, 0.25) is 0 Å². The van der Waals surface area contributed by atoms with Crippen LogP contribution in [-0.4, -0.2) is 26.3 Å². The summed E-state index contributed by atoms with van der Waals surface area (Å²) in [6.07, 6.45) is 0.586. The van der Waals surface area contributed by atoms with Crippen molar-refractivity contribution >= 4 is 46.2 Å². The summed E-state index contributed by atoms with van der Waals surface area (Å²) in [7, 11) is 0. The van der Waals surface area contributed by atoms with Gasteiger partial charge >= 0.3 is 0 Å². The maximum absolute atomic E-state index is 12.1. The molecule has 184 valence electrons. The number of halogens is 1. The number of hydrogen-bond donors (Lipinski definition) is 1. The molecule has 36 heavy (non-hydrogen) atoms. The minimum Gasteiger partial charge on any atom is -0.377 e. The second kappa shape index (κ2) is 9.55. The Labute approximate surface area is 216 Å². The summed E-state index contributed by atoms with van der Waals surface area (Å²) in [5.41, 5.74) is 2.86. The number of para-hydroxylation sites is 2. The van der Waals surface area contributed by atoms with Gasteiger partial charge in [0.15, 0.2) is 5.78 Å². The lowest BCUT2D eigenvalue weighted by molar-refractivity contribution is -0.387. The number of carbonyl (C=O) groups excluding carboxylic acids is 1. The van der Waals surface area contributed by atoms with Gasteiger partial charge in [-0.15, -0.1) is 23.4 Å². The normalized spacial score (nSPS) is 24.3. The molecule has 0 radical (unpaired) electrons. The highest BCUT2D eigenvalue weighted by Gasteiger charge is 2.51. The molecule has 0 spiro atoms. The van der Waals surface area contributed by atoms with E-state index in [-0.39, 0.29) is 45.2 Å². The Morgan fingerprint density at radius 2 is 1.64 bits per heavy atom. The molecular formula is C26H22ClN3O5S. The largest absolute Gasteiger partial charge is 0.377 e. The fourth-order valence-corrected chi connectivity index (χ4v) is 7.37. The van der Waals surface area contributed by atoms with E-state index in [4.69, 9.17) is 11.6 Å². The Morgan fingerprint density at radius 1 is 0.972 bits per heavy atom. The standard InChI is InChI=1S/C26H22ClN3O5S/c1-14(31)15-10-11-19-17(12-15)24-18(26(28-19)16-6-2-3-7-20(16)29(32)33)13-23(25(24)27)36-22-9-5-4-8-21(22)30(34)35/h2-12,18,23-26,28H,13H2,1H3/t18-,23-,24-,25-,26-/m0/s1. The predicted molar refractivity (Wildman–Crippen MR) is 139 cm³/mol. The maximum Gasteiger partial charge on any atom is 0.282 e. The molecule has 1 aliphatic carbocycles. The smallest absolute Gasteiger partial charge is 0.282 e. The Hall–Kier alpha value is -3.43. The number of anilines is 1. The first-order chi connectivity index (χ1) is 17.3. The zero-order valence-corrected chi connectivity index (χ0v) is 20.7. The molecule has 1 heterocycles. The van der Waals surface area contributed by atoms with Gasteiger partial charge in [-0.25, -0.2) is 0 Å². The predicted octanol–water partition coefficient (Wildman–Crippen LogP) is 6.74. The molecule has 5 atom stereocenters. The second-order valence-electron chi connectivity index (χ2n) is 9.05. The van der Waals surface area contributed by atoms with Gasteiger partial charge in [-0.05, 0) is 49.1 Å². The van der Waals surface area contributed by atoms with Crippen molar-refractivity contribution in [3.05, 3.63) is 104 Å². The number of carbonyl (C=O) groups is 1. The molecule has 3 aromatic carbocycles. The van der Waals surface area contributed by atoms with E-state index in [1.165, 1.54) is 30.8 Å². The van der Waals surface area contributed by atoms with Crippen molar-refractivity contribution in [3.8, 4) is 0 Å². The lowest BCUT2D eigenvalue weighted by Crippen LogP contribution is -2.31. The van der Waals surface area contributed by atoms with Crippen molar-refractivity contribution in [2.24, 2.45) is 5.92 Å². The van der Waals surface area contributed by atoms with Gasteiger partial charge in [0.2, 0.25) is 0 Å². The number of rotatable bonds is 6. The molecule has 1 N–H and O–H groups in total. The third kappa shape index (κ3) is 4.22. The number of Topliss-reactive ketones (excluding diaryl/α,β-unsaturated/α-hetero) is 1. The van der Waals surface area contributed by atoms with Gasteiger partial charge in [0.1, 0.15) is 0 Å². The molecule has 10 heteroatoms. The number of alkyl halides is 1. The van der Waals surface area contributed by atoms with E-state index in [2.05, 4.69) is 5.32 Å². The van der Waals surface area contributed by atoms with Gasteiger partial charge in [-0.2, -0.15) is 0 Å². The summed E-state index contributed by atoms with van der Waals surface area (Å²) in [5, 5.41) is 26.3. The van der Waals surface area contributed by atoms with E-state index >= 15 is 0 Å². The number of thioether (sulfide) groups is 1. The molecular weight excluding hydrogens is 502 g/mol. The van der Waals surface area contributed by atoms with E-state index in [1.807, 2.05) is 12.1 Å². The van der Waals surface area contributed by atoms with Gasteiger partial charge in [-0.1, -0.05) is 30.3 Å². The van der Waals surface area contributed by atoms with Gasteiger partial charge in [-0.3, -0.25) is 25.0 Å². The van der Waals surface area contributed by atoms with Crippen LogP contribution in [0.1, 0.15) is 46.8 Å². The van der Waals surface area contributed by atoms with Crippen molar-refractivity contribution in [2.75, 3.05) is 5.32 Å². The minimum absolute atomic E-state index is 0.0221. The van der Waals surface area contributed by atoms with Crippen molar-refractivity contribution in [1.29, 1.82) is 0 Å². The molecule has 5 rings (SSSR count). The van der Waals surface area contributed by atoms with Crippen LogP contribution in [0.4, 0.5) is 17.1 Å². The zero-order valence-electron chi connectivity index (χ0n) is 19.2. The SMILES string of the molecule is CC(=O)c1ccc2c(c1)[C@@H]1[C@@H](Cl)[C@@H](Sc3ccccc3[N+](=O)[O-])C[C@@H]1[C@H](c1ccccc1[N+](=O)[O-])N2. The summed E-state index contributed by atoms with van der Waals surface area (Å²) in [6, 6.07) is 18.3. The maximum atomic E-state index is 12.1. The van der Waals surface area contributed by atoms with Gasteiger partial charge in [0.05, 0.1) is 31.7 Å². The lowest BCUT2D eigenvalue weighted by atomic mass is 9.76. The highest BCUT2D eigenvalue weighted by atomic mass is 35.5. The number of nitrogens with one attached hydrogen (secondary N) is 1. The number of nitrogens with zero attached hydrogens (tertiary/aromatic N) is 2. The molecule has 0 saturated heterocycles. The van der Waals surface area contributed by atoms with E-state index < -0.39 is 10.3 Å². The average Bonchev–Trinajstić information content (AvgIpc) is 3.19. The lowest BCUT2D eigenvalue weighted by Gasteiger charge is -2.38.